The van der Waals surface area contributed by atoms with E-state index < -0.39 is 0 Å². The summed E-state index contributed by atoms with van der Waals surface area (Å²) >= 11 is 3.58. The molecule has 0 saturated heterocycles. The Kier molecular flexibility index (Phi) is 7.02. The Bertz CT molecular complexity index is 449. The summed E-state index contributed by atoms with van der Waals surface area (Å²) in [6.07, 6.45) is 0. The Morgan fingerprint density at radius 2 is 2.10 bits per heavy atom. The fourth-order valence-electron chi connectivity index (χ4n) is 1.99. The highest BCUT2D eigenvalue weighted by molar-refractivity contribution is 9.10. The van der Waals surface area contributed by atoms with Gasteiger partial charge in [-0.3, -0.25) is 4.79 Å². The van der Waals surface area contributed by atoms with Gasteiger partial charge in [0.15, 0.2) is 0 Å². The molecule has 0 aliphatic carbocycles. The number of hydrogen-bond donors (Lipinski definition) is 2. The van der Waals surface area contributed by atoms with Crippen molar-refractivity contribution >= 4 is 27.5 Å². The Balaban J connectivity index is 2.79. The third-order valence-electron chi connectivity index (χ3n) is 2.93. The highest BCUT2D eigenvalue weighted by atomic mass is 79.9. The zero-order valence-electron chi connectivity index (χ0n) is 12.7. The number of hydrogen-bond acceptors (Lipinski definition) is 3. The Labute approximate surface area is 130 Å². The molecule has 0 aromatic heterocycles. The number of rotatable bonds is 7. The van der Waals surface area contributed by atoms with Crippen molar-refractivity contribution in [3.05, 3.63) is 28.2 Å². The van der Waals surface area contributed by atoms with Gasteiger partial charge in [-0.1, -0.05) is 22.0 Å². The molecule has 0 saturated carbocycles. The van der Waals surface area contributed by atoms with Crippen molar-refractivity contribution in [1.29, 1.82) is 0 Å². The standard InChI is InChI=1S/C15H24BrN3O/c1-5-19(10-15(20)18-11(2)3)13-7-6-12(9-17-4)14(16)8-13/h6-8,11,17H,5,9-10H2,1-4H3,(H,18,20). The quantitative estimate of drug-likeness (QED) is 0.800. The molecule has 0 fully saturated rings. The molecule has 2 N–H and O–H groups in total. The van der Waals surface area contributed by atoms with E-state index in [-0.39, 0.29) is 11.9 Å². The summed E-state index contributed by atoms with van der Waals surface area (Å²) in [4.78, 5) is 13.9. The molecule has 1 amide bonds. The van der Waals surface area contributed by atoms with Gasteiger partial charge in [0, 0.05) is 29.3 Å². The molecule has 20 heavy (non-hydrogen) atoms. The molecule has 0 aliphatic heterocycles. The number of nitrogens with one attached hydrogen (secondary N) is 2. The highest BCUT2D eigenvalue weighted by Gasteiger charge is 2.12. The molecule has 4 nitrogen and oxygen atoms in total. The first-order valence-electron chi connectivity index (χ1n) is 6.95. The normalized spacial score (nSPS) is 10.7. The summed E-state index contributed by atoms with van der Waals surface area (Å²) < 4.78 is 1.06. The maximum atomic E-state index is 11.9. The van der Waals surface area contributed by atoms with Gasteiger partial charge in [-0.15, -0.1) is 0 Å². The average Bonchev–Trinajstić information content (AvgIpc) is 2.37. The van der Waals surface area contributed by atoms with E-state index in [1.165, 1.54) is 5.56 Å². The maximum absolute atomic E-state index is 11.9. The minimum atomic E-state index is 0.0530. The predicted molar refractivity (Wildman–Crippen MR) is 88.1 cm³/mol. The van der Waals surface area contributed by atoms with Crippen LogP contribution in [0.2, 0.25) is 0 Å². The molecular formula is C15H24BrN3O. The number of halogens is 1. The van der Waals surface area contributed by atoms with Crippen LogP contribution in [0.25, 0.3) is 0 Å². The average molecular weight is 342 g/mol. The lowest BCUT2D eigenvalue weighted by molar-refractivity contribution is -0.120. The second-order valence-electron chi connectivity index (χ2n) is 5.04. The van der Waals surface area contributed by atoms with Gasteiger partial charge in [0.1, 0.15) is 0 Å². The largest absolute Gasteiger partial charge is 0.362 e. The lowest BCUT2D eigenvalue weighted by Gasteiger charge is -2.24. The molecule has 112 valence electrons. The molecule has 1 aromatic rings. The first kappa shape index (κ1) is 17.0. The number of anilines is 1. The summed E-state index contributed by atoms with van der Waals surface area (Å²) in [5.41, 5.74) is 2.26. The van der Waals surface area contributed by atoms with Gasteiger partial charge in [-0.05, 0) is 45.5 Å². The molecule has 5 heteroatoms. The van der Waals surface area contributed by atoms with E-state index in [1.807, 2.05) is 20.9 Å². The smallest absolute Gasteiger partial charge is 0.239 e. The summed E-state index contributed by atoms with van der Waals surface area (Å²) in [6.45, 7) is 7.99. The van der Waals surface area contributed by atoms with Crippen LogP contribution in [0.1, 0.15) is 26.3 Å². The predicted octanol–water partition coefficient (Wildman–Crippen LogP) is 2.52. The molecule has 0 radical (unpaired) electrons. The monoisotopic (exact) mass is 341 g/mol. The Hall–Kier alpha value is -1.07. The van der Waals surface area contributed by atoms with Gasteiger partial charge in [0.2, 0.25) is 5.91 Å². The van der Waals surface area contributed by atoms with E-state index >= 15 is 0 Å². The van der Waals surface area contributed by atoms with Crippen molar-refractivity contribution in [2.45, 2.75) is 33.4 Å². The van der Waals surface area contributed by atoms with Gasteiger partial charge >= 0.3 is 0 Å². The number of likely N-dealkylation sites (N-methyl/N-ethyl adjacent to an activating group) is 1. The lowest BCUT2D eigenvalue weighted by Crippen LogP contribution is -2.40. The molecule has 0 aliphatic rings. The Morgan fingerprint density at radius 3 is 2.60 bits per heavy atom. The van der Waals surface area contributed by atoms with Crippen molar-refractivity contribution < 1.29 is 4.79 Å². The van der Waals surface area contributed by atoms with Crippen LogP contribution < -0.4 is 15.5 Å². The SMILES string of the molecule is CCN(CC(=O)NC(C)C)c1ccc(CNC)c(Br)c1. The number of nitrogens with zero attached hydrogens (tertiary/aromatic N) is 1. The van der Waals surface area contributed by atoms with E-state index in [0.717, 1.165) is 23.2 Å². The van der Waals surface area contributed by atoms with E-state index in [0.29, 0.717) is 6.54 Å². The molecule has 0 spiro atoms. The van der Waals surface area contributed by atoms with Crippen LogP contribution in [0.4, 0.5) is 5.69 Å². The molecule has 0 atom stereocenters. The van der Waals surface area contributed by atoms with Gasteiger partial charge in [0.05, 0.1) is 6.54 Å². The fraction of sp³-hybridized carbons (Fsp3) is 0.533. The summed E-state index contributed by atoms with van der Waals surface area (Å²) in [6, 6.07) is 6.38. The van der Waals surface area contributed by atoms with Gasteiger partial charge in [-0.2, -0.15) is 0 Å². The minimum absolute atomic E-state index is 0.0530. The molecule has 0 bridgehead atoms. The van der Waals surface area contributed by atoms with Gasteiger partial charge in [-0.25, -0.2) is 0 Å². The van der Waals surface area contributed by atoms with E-state index in [9.17, 15) is 4.79 Å². The molecular weight excluding hydrogens is 318 g/mol. The van der Waals surface area contributed by atoms with Gasteiger partial charge < -0.3 is 15.5 Å². The van der Waals surface area contributed by atoms with Crippen LogP contribution in [-0.4, -0.2) is 32.1 Å². The number of benzene rings is 1. The fourth-order valence-corrected chi connectivity index (χ4v) is 2.50. The maximum Gasteiger partial charge on any atom is 0.239 e. The van der Waals surface area contributed by atoms with Crippen LogP contribution in [-0.2, 0) is 11.3 Å². The van der Waals surface area contributed by atoms with E-state index in [2.05, 4.69) is 56.6 Å². The molecule has 0 heterocycles. The van der Waals surface area contributed by atoms with Crippen molar-refractivity contribution in [1.82, 2.24) is 10.6 Å². The summed E-state index contributed by atoms with van der Waals surface area (Å²) in [5, 5.41) is 6.05. The first-order chi connectivity index (χ1) is 9.47. The van der Waals surface area contributed by atoms with Crippen LogP contribution >= 0.6 is 15.9 Å². The van der Waals surface area contributed by atoms with Crippen LogP contribution in [0.3, 0.4) is 0 Å². The van der Waals surface area contributed by atoms with Crippen LogP contribution in [0.5, 0.6) is 0 Å². The zero-order valence-corrected chi connectivity index (χ0v) is 14.3. The zero-order chi connectivity index (χ0) is 15.1. The highest BCUT2D eigenvalue weighted by Crippen LogP contribution is 2.24. The van der Waals surface area contributed by atoms with Gasteiger partial charge in [0.25, 0.3) is 0 Å². The second kappa shape index (κ2) is 8.27. The Morgan fingerprint density at radius 1 is 1.40 bits per heavy atom. The molecule has 1 aromatic carbocycles. The van der Waals surface area contributed by atoms with Crippen molar-refractivity contribution in [2.75, 3.05) is 25.0 Å². The topological polar surface area (TPSA) is 44.4 Å². The third-order valence-corrected chi connectivity index (χ3v) is 3.67. The molecule has 1 rings (SSSR count). The van der Waals surface area contributed by atoms with Crippen molar-refractivity contribution in [2.24, 2.45) is 0 Å². The number of amides is 1. The second-order valence-corrected chi connectivity index (χ2v) is 5.90. The first-order valence-corrected chi connectivity index (χ1v) is 7.74. The number of carbonyl (C=O) groups is 1. The third kappa shape index (κ3) is 5.13. The van der Waals surface area contributed by atoms with Crippen molar-refractivity contribution in [3.8, 4) is 0 Å². The minimum Gasteiger partial charge on any atom is -0.362 e. The molecule has 0 unspecified atom stereocenters. The van der Waals surface area contributed by atoms with Crippen LogP contribution in [0.15, 0.2) is 22.7 Å². The van der Waals surface area contributed by atoms with Crippen molar-refractivity contribution in [3.63, 3.8) is 0 Å². The number of carbonyl (C=O) groups excluding carboxylic acids is 1. The summed E-state index contributed by atoms with van der Waals surface area (Å²) in [5.74, 6) is 0.0530. The van der Waals surface area contributed by atoms with E-state index in [1.54, 1.807) is 0 Å². The summed E-state index contributed by atoms with van der Waals surface area (Å²) in [7, 11) is 1.93. The van der Waals surface area contributed by atoms with E-state index in [4.69, 9.17) is 0 Å². The van der Waals surface area contributed by atoms with Crippen LogP contribution in [0, 0.1) is 0 Å². The lowest BCUT2D eigenvalue weighted by atomic mass is 10.2.